The molecule has 2 aliphatic heterocycles. The first kappa shape index (κ1) is 10.7. The van der Waals surface area contributed by atoms with E-state index >= 15 is 0 Å². The molecule has 0 aromatic rings. The molecule has 4 heteroatoms. The Morgan fingerprint density at radius 2 is 2.21 bits per heavy atom. The number of nitrogens with one attached hydrogen (secondary N) is 2. The maximum absolute atomic E-state index is 10.2. The fourth-order valence-corrected chi connectivity index (χ4v) is 3.26. The Morgan fingerprint density at radius 1 is 1.43 bits per heavy atom. The second-order valence-corrected chi connectivity index (χ2v) is 5.67. The van der Waals surface area contributed by atoms with Gasteiger partial charge in [-0.2, -0.15) is 0 Å². The molecule has 0 saturated carbocycles. The normalized spacial score (nSPS) is 31.9. The monoisotopic (exact) mass is 216 g/mol. The van der Waals surface area contributed by atoms with E-state index in [1.807, 2.05) is 11.8 Å². The van der Waals surface area contributed by atoms with Crippen LogP contribution in [0.5, 0.6) is 0 Å². The molecular formula is C10H20N2OS. The Bertz CT molecular complexity index is 177. The van der Waals surface area contributed by atoms with Gasteiger partial charge in [0.25, 0.3) is 0 Å². The highest BCUT2D eigenvalue weighted by atomic mass is 32.2. The van der Waals surface area contributed by atoms with E-state index in [2.05, 4.69) is 10.6 Å². The van der Waals surface area contributed by atoms with Crippen LogP contribution in [-0.4, -0.2) is 41.5 Å². The standard InChI is InChI=1S/C10H20N2OS/c13-10(3-5-11-6-4-10)8-12-9-2-1-7-14-9/h9,11-13H,1-8H2. The molecule has 0 aliphatic carbocycles. The Morgan fingerprint density at radius 3 is 2.86 bits per heavy atom. The topological polar surface area (TPSA) is 44.3 Å². The van der Waals surface area contributed by atoms with Crippen molar-refractivity contribution in [3.8, 4) is 0 Å². The van der Waals surface area contributed by atoms with Gasteiger partial charge in [0, 0.05) is 6.54 Å². The third-order valence-corrected chi connectivity index (χ3v) is 4.45. The predicted molar refractivity (Wildman–Crippen MR) is 60.5 cm³/mol. The van der Waals surface area contributed by atoms with E-state index in [1.54, 1.807) is 0 Å². The molecule has 0 amide bonds. The van der Waals surface area contributed by atoms with Gasteiger partial charge in [-0.1, -0.05) is 0 Å². The van der Waals surface area contributed by atoms with Crippen molar-refractivity contribution in [2.45, 2.75) is 36.7 Å². The lowest BCUT2D eigenvalue weighted by molar-refractivity contribution is 0.0107. The summed E-state index contributed by atoms with van der Waals surface area (Å²) < 4.78 is 0. The summed E-state index contributed by atoms with van der Waals surface area (Å²) >= 11 is 1.99. The first-order valence-electron chi connectivity index (χ1n) is 5.57. The second-order valence-electron chi connectivity index (χ2n) is 4.36. The summed E-state index contributed by atoms with van der Waals surface area (Å²) in [5.41, 5.74) is -0.450. The Balaban J connectivity index is 1.72. The van der Waals surface area contributed by atoms with Gasteiger partial charge >= 0.3 is 0 Å². The lowest BCUT2D eigenvalue weighted by Crippen LogP contribution is -2.49. The SMILES string of the molecule is OC1(CNC2CCCS2)CCNCC1. The zero-order valence-electron chi connectivity index (χ0n) is 8.59. The molecule has 82 valence electrons. The maximum atomic E-state index is 10.2. The third-order valence-electron chi connectivity index (χ3n) is 3.12. The summed E-state index contributed by atoms with van der Waals surface area (Å²) in [5.74, 6) is 1.28. The van der Waals surface area contributed by atoms with Crippen molar-refractivity contribution in [3.05, 3.63) is 0 Å². The van der Waals surface area contributed by atoms with Gasteiger partial charge in [-0.05, 0) is 44.5 Å². The molecule has 2 fully saturated rings. The minimum absolute atomic E-state index is 0.450. The van der Waals surface area contributed by atoms with Gasteiger partial charge in [0.05, 0.1) is 11.0 Å². The number of thioether (sulfide) groups is 1. The van der Waals surface area contributed by atoms with Crippen molar-refractivity contribution >= 4 is 11.8 Å². The summed E-state index contributed by atoms with van der Waals surface area (Å²) in [4.78, 5) is 0. The summed E-state index contributed by atoms with van der Waals surface area (Å²) in [6.45, 7) is 2.68. The molecule has 1 atom stereocenters. The molecule has 2 saturated heterocycles. The minimum atomic E-state index is -0.450. The third kappa shape index (κ3) is 2.86. The lowest BCUT2D eigenvalue weighted by atomic mass is 9.92. The first-order valence-corrected chi connectivity index (χ1v) is 6.61. The van der Waals surface area contributed by atoms with Crippen LogP contribution in [-0.2, 0) is 0 Å². The van der Waals surface area contributed by atoms with E-state index in [0.717, 1.165) is 32.5 Å². The zero-order valence-corrected chi connectivity index (χ0v) is 9.41. The number of piperidine rings is 1. The molecule has 3 N–H and O–H groups in total. The Labute approximate surface area is 90.0 Å². The van der Waals surface area contributed by atoms with Gasteiger partial charge in [-0.3, -0.25) is 0 Å². The van der Waals surface area contributed by atoms with Crippen molar-refractivity contribution < 1.29 is 5.11 Å². The van der Waals surface area contributed by atoms with Gasteiger partial charge < -0.3 is 15.7 Å². The van der Waals surface area contributed by atoms with Crippen LogP contribution in [0.1, 0.15) is 25.7 Å². The van der Waals surface area contributed by atoms with Crippen molar-refractivity contribution in [3.63, 3.8) is 0 Å². The quantitative estimate of drug-likeness (QED) is 0.644. The molecule has 0 aromatic heterocycles. The Kier molecular flexibility index (Phi) is 3.71. The molecule has 0 spiro atoms. The molecule has 1 unspecified atom stereocenters. The van der Waals surface area contributed by atoms with Crippen LogP contribution in [0, 0.1) is 0 Å². The van der Waals surface area contributed by atoms with Crippen LogP contribution in [0.3, 0.4) is 0 Å². The van der Waals surface area contributed by atoms with E-state index in [4.69, 9.17) is 0 Å². The highest BCUT2D eigenvalue weighted by Gasteiger charge is 2.30. The molecular weight excluding hydrogens is 196 g/mol. The number of rotatable bonds is 3. The van der Waals surface area contributed by atoms with Crippen LogP contribution in [0.4, 0.5) is 0 Å². The fraction of sp³-hybridized carbons (Fsp3) is 1.00. The molecule has 3 nitrogen and oxygen atoms in total. The highest BCUT2D eigenvalue weighted by Crippen LogP contribution is 2.25. The maximum Gasteiger partial charge on any atom is 0.0796 e. The number of aliphatic hydroxyl groups is 1. The summed E-state index contributed by atoms with van der Waals surface area (Å²) in [5, 5.41) is 17.6. The van der Waals surface area contributed by atoms with Crippen LogP contribution in [0.25, 0.3) is 0 Å². The van der Waals surface area contributed by atoms with Crippen molar-refractivity contribution in [1.29, 1.82) is 0 Å². The van der Waals surface area contributed by atoms with E-state index in [0.29, 0.717) is 5.37 Å². The van der Waals surface area contributed by atoms with Crippen molar-refractivity contribution in [1.82, 2.24) is 10.6 Å². The van der Waals surface area contributed by atoms with Gasteiger partial charge in [0.2, 0.25) is 0 Å². The van der Waals surface area contributed by atoms with Crippen LogP contribution in [0.2, 0.25) is 0 Å². The summed E-state index contributed by atoms with van der Waals surface area (Å²) in [7, 11) is 0. The molecule has 2 aliphatic rings. The summed E-state index contributed by atoms with van der Waals surface area (Å²) in [6, 6.07) is 0. The molecule has 2 heterocycles. The molecule has 2 rings (SSSR count). The number of hydrogen-bond donors (Lipinski definition) is 3. The van der Waals surface area contributed by atoms with E-state index in [9.17, 15) is 5.11 Å². The van der Waals surface area contributed by atoms with Gasteiger partial charge in [-0.15, -0.1) is 11.8 Å². The van der Waals surface area contributed by atoms with Crippen molar-refractivity contribution in [2.24, 2.45) is 0 Å². The molecule has 0 bridgehead atoms. The summed E-state index contributed by atoms with van der Waals surface area (Å²) in [6.07, 6.45) is 4.36. The highest BCUT2D eigenvalue weighted by molar-refractivity contribution is 8.00. The van der Waals surface area contributed by atoms with Crippen molar-refractivity contribution in [2.75, 3.05) is 25.4 Å². The molecule has 14 heavy (non-hydrogen) atoms. The average molecular weight is 216 g/mol. The van der Waals surface area contributed by atoms with Crippen LogP contribution in [0.15, 0.2) is 0 Å². The minimum Gasteiger partial charge on any atom is -0.388 e. The Hall–Kier alpha value is 0.230. The van der Waals surface area contributed by atoms with E-state index < -0.39 is 5.60 Å². The average Bonchev–Trinajstić information content (AvgIpc) is 2.69. The van der Waals surface area contributed by atoms with Gasteiger partial charge in [0.15, 0.2) is 0 Å². The molecule has 0 radical (unpaired) electrons. The van der Waals surface area contributed by atoms with Gasteiger partial charge in [0.1, 0.15) is 0 Å². The van der Waals surface area contributed by atoms with Gasteiger partial charge in [-0.25, -0.2) is 0 Å². The van der Waals surface area contributed by atoms with Crippen LogP contribution < -0.4 is 10.6 Å². The predicted octanol–water partition coefficient (Wildman–Crippen LogP) is 0.544. The fourth-order valence-electron chi connectivity index (χ4n) is 2.11. The first-order chi connectivity index (χ1) is 6.79. The second kappa shape index (κ2) is 4.84. The van der Waals surface area contributed by atoms with Crippen LogP contribution >= 0.6 is 11.8 Å². The lowest BCUT2D eigenvalue weighted by Gasteiger charge is -2.33. The van der Waals surface area contributed by atoms with E-state index in [1.165, 1.54) is 18.6 Å². The smallest absolute Gasteiger partial charge is 0.0796 e. The zero-order chi connectivity index (χ0) is 9.86. The van der Waals surface area contributed by atoms with E-state index in [-0.39, 0.29) is 0 Å². The number of hydrogen-bond acceptors (Lipinski definition) is 4. The largest absolute Gasteiger partial charge is 0.388 e. The molecule has 0 aromatic carbocycles.